The SMILES string of the molecule is COc1ccc(-c2c(-c3ccc(C(C)(C)C)cc3)nc(-c3ccc(C)cc3)c(-c3ccc(C(F)(F)F)cc3)c2-c2ccccc2)cc1. The Morgan fingerprint density at radius 1 is 0.489 bits per heavy atom. The van der Waals surface area contributed by atoms with E-state index in [4.69, 9.17) is 9.72 Å². The monoisotopic (exact) mass is 627 g/mol. The molecule has 0 saturated heterocycles. The summed E-state index contributed by atoms with van der Waals surface area (Å²) in [5.74, 6) is 0.721. The maximum atomic E-state index is 13.7. The fraction of sp³-hybridized carbons (Fsp3) is 0.167. The van der Waals surface area contributed by atoms with Crippen LogP contribution in [0.5, 0.6) is 5.75 Å². The van der Waals surface area contributed by atoms with Crippen LogP contribution >= 0.6 is 0 Å². The lowest BCUT2D eigenvalue weighted by molar-refractivity contribution is -0.137. The predicted molar refractivity (Wildman–Crippen MR) is 186 cm³/mol. The molecule has 0 fully saturated rings. The largest absolute Gasteiger partial charge is 0.497 e. The first-order valence-corrected chi connectivity index (χ1v) is 15.6. The van der Waals surface area contributed by atoms with E-state index in [1.807, 2.05) is 85.8 Å². The lowest BCUT2D eigenvalue weighted by Gasteiger charge is -2.24. The van der Waals surface area contributed by atoms with E-state index in [2.05, 4.69) is 45.0 Å². The van der Waals surface area contributed by atoms with E-state index < -0.39 is 11.7 Å². The summed E-state index contributed by atoms with van der Waals surface area (Å²) < 4.78 is 46.6. The third kappa shape index (κ3) is 6.57. The zero-order valence-corrected chi connectivity index (χ0v) is 27.1. The molecule has 2 nitrogen and oxygen atoms in total. The van der Waals surface area contributed by atoms with Crippen molar-refractivity contribution in [2.75, 3.05) is 7.11 Å². The molecular weight excluding hydrogens is 591 g/mol. The molecule has 47 heavy (non-hydrogen) atoms. The van der Waals surface area contributed by atoms with Gasteiger partial charge in [0.2, 0.25) is 0 Å². The lowest BCUT2D eigenvalue weighted by Crippen LogP contribution is -2.10. The van der Waals surface area contributed by atoms with Gasteiger partial charge < -0.3 is 4.74 Å². The van der Waals surface area contributed by atoms with Crippen LogP contribution in [0.4, 0.5) is 13.2 Å². The van der Waals surface area contributed by atoms with Gasteiger partial charge in [-0.05, 0) is 58.9 Å². The lowest BCUT2D eigenvalue weighted by atomic mass is 9.82. The van der Waals surface area contributed by atoms with Crippen LogP contribution in [0.25, 0.3) is 55.9 Å². The molecule has 0 unspecified atom stereocenters. The van der Waals surface area contributed by atoms with Crippen LogP contribution in [0.1, 0.15) is 37.5 Å². The van der Waals surface area contributed by atoms with Gasteiger partial charge in [0.1, 0.15) is 5.75 Å². The van der Waals surface area contributed by atoms with Gasteiger partial charge in [-0.3, -0.25) is 0 Å². The highest BCUT2D eigenvalue weighted by Gasteiger charge is 2.31. The van der Waals surface area contributed by atoms with Crippen molar-refractivity contribution >= 4 is 0 Å². The Labute approximate surface area is 274 Å². The molecule has 5 aromatic carbocycles. The average molecular weight is 628 g/mol. The van der Waals surface area contributed by atoms with Gasteiger partial charge >= 0.3 is 6.18 Å². The van der Waals surface area contributed by atoms with Crippen molar-refractivity contribution in [1.29, 1.82) is 0 Å². The van der Waals surface area contributed by atoms with Crippen LogP contribution in [0.15, 0.2) is 127 Å². The second kappa shape index (κ2) is 12.6. The van der Waals surface area contributed by atoms with Gasteiger partial charge in [-0.2, -0.15) is 13.2 Å². The smallest absolute Gasteiger partial charge is 0.416 e. The Hall–Kier alpha value is -5.16. The molecule has 0 radical (unpaired) electrons. The minimum absolute atomic E-state index is 0.0283. The first-order valence-electron chi connectivity index (χ1n) is 15.6. The summed E-state index contributed by atoms with van der Waals surface area (Å²) in [5.41, 5.74) is 9.87. The molecule has 0 aliphatic carbocycles. The number of pyridine rings is 1. The highest BCUT2D eigenvalue weighted by atomic mass is 19.4. The van der Waals surface area contributed by atoms with Gasteiger partial charge in [-0.1, -0.05) is 129 Å². The van der Waals surface area contributed by atoms with Crippen molar-refractivity contribution < 1.29 is 17.9 Å². The first kappa shape index (κ1) is 31.8. The number of hydrogen-bond acceptors (Lipinski definition) is 2. The van der Waals surface area contributed by atoms with Crippen molar-refractivity contribution in [2.45, 2.75) is 39.3 Å². The molecule has 1 aromatic heterocycles. The number of hydrogen-bond donors (Lipinski definition) is 0. The van der Waals surface area contributed by atoms with E-state index in [0.29, 0.717) is 11.3 Å². The number of alkyl halides is 3. The molecule has 0 bridgehead atoms. The summed E-state index contributed by atoms with van der Waals surface area (Å²) in [6, 6.07) is 39.9. The standard InChI is InChI=1S/C42H36F3NO/c1-27-11-13-31(14-12-27)39-37(29-15-23-34(24-16-29)42(43,44)45)36(28-9-7-6-8-10-28)38(30-19-25-35(47-5)26-20-30)40(46-39)32-17-21-33(22-18-32)41(2,3)4/h6-26H,1-5H3. The van der Waals surface area contributed by atoms with Gasteiger partial charge in [0.15, 0.2) is 0 Å². The molecule has 5 heteroatoms. The molecule has 0 amide bonds. The zero-order valence-electron chi connectivity index (χ0n) is 27.1. The van der Waals surface area contributed by atoms with Crippen LogP contribution < -0.4 is 4.74 Å². The summed E-state index contributed by atoms with van der Waals surface area (Å²) in [5, 5.41) is 0. The third-order valence-corrected chi connectivity index (χ3v) is 8.49. The highest BCUT2D eigenvalue weighted by molar-refractivity contribution is 6.04. The summed E-state index contributed by atoms with van der Waals surface area (Å²) in [4.78, 5) is 5.43. The van der Waals surface area contributed by atoms with Crippen LogP contribution in [0, 0.1) is 6.92 Å². The van der Waals surface area contributed by atoms with Gasteiger partial charge in [0.25, 0.3) is 0 Å². The molecule has 0 aliphatic rings. The topological polar surface area (TPSA) is 22.1 Å². The summed E-state index contributed by atoms with van der Waals surface area (Å²) in [7, 11) is 1.63. The average Bonchev–Trinajstić information content (AvgIpc) is 3.07. The molecule has 0 atom stereocenters. The number of methoxy groups -OCH3 is 1. The quantitative estimate of drug-likeness (QED) is 0.183. The van der Waals surface area contributed by atoms with Gasteiger partial charge in [0.05, 0.1) is 24.1 Å². The molecule has 236 valence electrons. The molecule has 0 spiro atoms. The summed E-state index contributed by atoms with van der Waals surface area (Å²) >= 11 is 0. The minimum Gasteiger partial charge on any atom is -0.497 e. The number of aryl methyl sites for hydroxylation is 1. The number of aromatic nitrogens is 1. The van der Waals surface area contributed by atoms with E-state index in [1.54, 1.807) is 19.2 Å². The van der Waals surface area contributed by atoms with E-state index >= 15 is 0 Å². The number of rotatable bonds is 6. The maximum absolute atomic E-state index is 13.7. The van der Waals surface area contributed by atoms with Crippen molar-refractivity contribution in [3.8, 4) is 61.6 Å². The third-order valence-electron chi connectivity index (χ3n) is 8.49. The number of halogens is 3. The van der Waals surface area contributed by atoms with Crippen LogP contribution in [-0.4, -0.2) is 12.1 Å². The maximum Gasteiger partial charge on any atom is 0.416 e. The van der Waals surface area contributed by atoms with E-state index in [9.17, 15) is 13.2 Å². The second-order valence-corrected chi connectivity index (χ2v) is 12.8. The molecule has 0 N–H and O–H groups in total. The Bertz CT molecular complexity index is 1990. The molecule has 6 aromatic rings. The number of benzene rings is 5. The van der Waals surface area contributed by atoms with Gasteiger partial charge in [-0.15, -0.1) is 0 Å². The van der Waals surface area contributed by atoms with E-state index in [1.165, 1.54) is 5.56 Å². The fourth-order valence-electron chi connectivity index (χ4n) is 5.88. The van der Waals surface area contributed by atoms with Crippen LogP contribution in [0.2, 0.25) is 0 Å². The van der Waals surface area contributed by atoms with E-state index in [-0.39, 0.29) is 5.41 Å². The molecule has 0 aliphatic heterocycles. The Morgan fingerprint density at radius 3 is 1.38 bits per heavy atom. The Morgan fingerprint density at radius 2 is 0.915 bits per heavy atom. The van der Waals surface area contributed by atoms with Crippen molar-refractivity contribution in [1.82, 2.24) is 4.98 Å². The van der Waals surface area contributed by atoms with E-state index in [0.717, 1.165) is 68.1 Å². The molecule has 0 saturated carbocycles. The summed E-state index contributed by atoms with van der Waals surface area (Å²) in [6.07, 6.45) is -4.45. The fourth-order valence-corrected chi connectivity index (χ4v) is 5.88. The summed E-state index contributed by atoms with van der Waals surface area (Å²) in [6.45, 7) is 8.58. The van der Waals surface area contributed by atoms with Crippen molar-refractivity contribution in [2.24, 2.45) is 0 Å². The molecule has 6 rings (SSSR count). The second-order valence-electron chi connectivity index (χ2n) is 12.8. The number of ether oxygens (including phenoxy) is 1. The predicted octanol–water partition coefficient (Wildman–Crippen LogP) is 12.0. The van der Waals surface area contributed by atoms with Gasteiger partial charge in [-0.25, -0.2) is 4.98 Å². The minimum atomic E-state index is -4.45. The van der Waals surface area contributed by atoms with Crippen molar-refractivity contribution in [3.63, 3.8) is 0 Å². The van der Waals surface area contributed by atoms with Crippen LogP contribution in [0.3, 0.4) is 0 Å². The molecular formula is C42H36F3NO. The number of nitrogens with zero attached hydrogens (tertiary/aromatic N) is 1. The van der Waals surface area contributed by atoms with Crippen LogP contribution in [-0.2, 0) is 11.6 Å². The molecule has 1 heterocycles. The normalized spacial score (nSPS) is 11.8. The first-order chi connectivity index (χ1) is 22.4. The van der Waals surface area contributed by atoms with Gasteiger partial charge in [0, 0.05) is 27.8 Å². The Kier molecular flexibility index (Phi) is 8.50. The Balaban J connectivity index is 1.78. The zero-order chi connectivity index (χ0) is 33.3. The highest BCUT2D eigenvalue weighted by Crippen LogP contribution is 2.49. The van der Waals surface area contributed by atoms with Crippen molar-refractivity contribution in [3.05, 3.63) is 144 Å².